The molecule has 0 amide bonds. The molecule has 1 aromatic heterocycles. The summed E-state index contributed by atoms with van der Waals surface area (Å²) in [6, 6.07) is 2.39. The zero-order valence-electron chi connectivity index (χ0n) is 8.25. The lowest BCUT2D eigenvalue weighted by atomic mass is 10.1. The molecule has 0 saturated carbocycles. The average molecular weight is 178 g/mol. The highest BCUT2D eigenvalue weighted by Crippen LogP contribution is 2.08. The molecule has 1 radical (unpaired) electrons. The average Bonchev–Trinajstić information content (AvgIpc) is 2.19. The van der Waals surface area contributed by atoms with Crippen molar-refractivity contribution in [2.75, 3.05) is 5.32 Å². The minimum Gasteiger partial charge on any atom is -0.367 e. The van der Waals surface area contributed by atoms with Crippen LogP contribution in [0.4, 0.5) is 5.82 Å². The highest BCUT2D eigenvalue weighted by Gasteiger charge is 2.04. The number of nitrogens with one attached hydrogen (secondary N) is 1. The Balaban J connectivity index is 2.46. The molecule has 0 aromatic carbocycles. The molecule has 0 saturated heterocycles. The first-order valence-corrected chi connectivity index (χ1v) is 4.82. The van der Waals surface area contributed by atoms with Gasteiger partial charge in [0.25, 0.3) is 0 Å². The molecule has 0 bridgehead atoms. The second-order valence-corrected chi connectivity index (χ2v) is 3.08. The summed E-state index contributed by atoms with van der Waals surface area (Å²) >= 11 is 0. The first-order valence-electron chi connectivity index (χ1n) is 4.82. The summed E-state index contributed by atoms with van der Waals surface area (Å²) in [4.78, 5) is 7.75. The van der Waals surface area contributed by atoms with Crippen LogP contribution in [-0.2, 0) is 0 Å². The molecule has 1 heterocycles. The number of rotatable bonds is 5. The summed E-state index contributed by atoms with van der Waals surface area (Å²) < 4.78 is 0. The smallest absolute Gasteiger partial charge is 0.199 e. The van der Waals surface area contributed by atoms with Crippen LogP contribution in [-0.4, -0.2) is 16.0 Å². The molecular weight excluding hydrogens is 162 g/mol. The molecule has 1 rings (SSSR count). The number of hydrogen-bond donors (Lipinski definition) is 1. The Bertz CT molecular complexity index is 223. The largest absolute Gasteiger partial charge is 0.367 e. The monoisotopic (exact) mass is 178 g/mol. The molecule has 3 nitrogen and oxygen atoms in total. The topological polar surface area (TPSA) is 37.8 Å². The third-order valence-corrected chi connectivity index (χ3v) is 2.02. The van der Waals surface area contributed by atoms with Gasteiger partial charge in [-0.25, -0.2) is 9.97 Å². The molecule has 0 spiro atoms. The maximum Gasteiger partial charge on any atom is 0.199 e. The number of anilines is 1. The Hall–Kier alpha value is -1.12. The summed E-state index contributed by atoms with van der Waals surface area (Å²) in [5.74, 6) is 0.871. The van der Waals surface area contributed by atoms with Crippen molar-refractivity contribution in [3.63, 3.8) is 0 Å². The molecule has 0 aliphatic rings. The van der Waals surface area contributed by atoms with Crippen molar-refractivity contribution >= 4 is 5.82 Å². The van der Waals surface area contributed by atoms with Gasteiger partial charge in [-0.2, -0.15) is 0 Å². The lowest BCUT2D eigenvalue weighted by Crippen LogP contribution is -2.18. The normalized spacial score (nSPS) is 12.5. The highest BCUT2D eigenvalue weighted by atomic mass is 15.0. The van der Waals surface area contributed by atoms with Crippen LogP contribution in [0.1, 0.15) is 33.1 Å². The van der Waals surface area contributed by atoms with E-state index in [1.54, 1.807) is 6.20 Å². The van der Waals surface area contributed by atoms with Gasteiger partial charge in [0, 0.05) is 12.2 Å². The predicted molar refractivity (Wildman–Crippen MR) is 53.5 cm³/mol. The molecule has 3 heteroatoms. The molecule has 1 aromatic rings. The molecule has 0 aliphatic carbocycles. The van der Waals surface area contributed by atoms with E-state index in [1.165, 1.54) is 12.8 Å². The molecule has 71 valence electrons. The zero-order valence-corrected chi connectivity index (χ0v) is 8.25. The van der Waals surface area contributed by atoms with E-state index in [-0.39, 0.29) is 0 Å². The van der Waals surface area contributed by atoms with Crippen LogP contribution in [0.5, 0.6) is 0 Å². The van der Waals surface area contributed by atoms with E-state index in [2.05, 4.69) is 35.5 Å². The fraction of sp³-hybridized carbons (Fsp3) is 0.600. The van der Waals surface area contributed by atoms with E-state index in [4.69, 9.17) is 0 Å². The first-order chi connectivity index (χ1) is 6.36. The Kier molecular flexibility index (Phi) is 4.23. The molecule has 1 N–H and O–H groups in total. The molecule has 0 aliphatic heterocycles. The molecule has 13 heavy (non-hydrogen) atoms. The van der Waals surface area contributed by atoms with E-state index in [0.29, 0.717) is 6.04 Å². The Morgan fingerprint density at radius 3 is 2.92 bits per heavy atom. The molecular formula is C10H16N3. The second kappa shape index (κ2) is 5.51. The highest BCUT2D eigenvalue weighted by molar-refractivity contribution is 5.32. The Morgan fingerprint density at radius 1 is 1.54 bits per heavy atom. The van der Waals surface area contributed by atoms with Crippen LogP contribution in [0.25, 0.3) is 0 Å². The lowest BCUT2D eigenvalue weighted by molar-refractivity contribution is 0.620. The number of nitrogens with zero attached hydrogens (tertiary/aromatic N) is 2. The van der Waals surface area contributed by atoms with Gasteiger partial charge in [0.1, 0.15) is 5.82 Å². The lowest BCUT2D eigenvalue weighted by Gasteiger charge is -2.15. The SMILES string of the molecule is CCCC(CC)Nc1ccn[c]n1. The van der Waals surface area contributed by atoms with Crippen molar-refractivity contribution in [2.24, 2.45) is 0 Å². The van der Waals surface area contributed by atoms with Gasteiger partial charge < -0.3 is 5.32 Å². The van der Waals surface area contributed by atoms with Crippen LogP contribution in [0.15, 0.2) is 12.3 Å². The van der Waals surface area contributed by atoms with E-state index in [0.717, 1.165) is 12.2 Å². The van der Waals surface area contributed by atoms with Crippen LogP contribution in [0.3, 0.4) is 0 Å². The van der Waals surface area contributed by atoms with E-state index in [1.807, 2.05) is 6.07 Å². The minimum atomic E-state index is 0.522. The Labute approximate surface area is 79.6 Å². The molecule has 1 atom stereocenters. The van der Waals surface area contributed by atoms with Crippen molar-refractivity contribution in [3.8, 4) is 0 Å². The third-order valence-electron chi connectivity index (χ3n) is 2.02. The zero-order chi connectivity index (χ0) is 9.52. The summed E-state index contributed by atoms with van der Waals surface area (Å²) in [6.45, 7) is 4.37. The van der Waals surface area contributed by atoms with Crippen molar-refractivity contribution in [1.82, 2.24) is 9.97 Å². The van der Waals surface area contributed by atoms with Crippen molar-refractivity contribution in [1.29, 1.82) is 0 Å². The van der Waals surface area contributed by atoms with Crippen LogP contribution >= 0.6 is 0 Å². The fourth-order valence-electron chi connectivity index (χ4n) is 1.28. The molecule has 0 fully saturated rings. The van der Waals surface area contributed by atoms with Gasteiger partial charge in [0.2, 0.25) is 0 Å². The van der Waals surface area contributed by atoms with Crippen molar-refractivity contribution in [3.05, 3.63) is 18.6 Å². The van der Waals surface area contributed by atoms with E-state index < -0.39 is 0 Å². The van der Waals surface area contributed by atoms with Gasteiger partial charge in [0.05, 0.1) is 0 Å². The summed E-state index contributed by atoms with van der Waals surface area (Å²) in [5.41, 5.74) is 0. The van der Waals surface area contributed by atoms with Gasteiger partial charge in [0.15, 0.2) is 6.33 Å². The second-order valence-electron chi connectivity index (χ2n) is 3.08. The molecule has 1 unspecified atom stereocenters. The summed E-state index contributed by atoms with van der Waals surface area (Å²) in [5, 5.41) is 3.35. The summed E-state index contributed by atoms with van der Waals surface area (Å²) in [6.07, 6.45) is 7.77. The van der Waals surface area contributed by atoms with Crippen LogP contribution < -0.4 is 5.32 Å². The maximum absolute atomic E-state index is 4.00. The van der Waals surface area contributed by atoms with E-state index in [9.17, 15) is 0 Å². The summed E-state index contributed by atoms with van der Waals surface area (Å²) in [7, 11) is 0. The maximum atomic E-state index is 4.00. The van der Waals surface area contributed by atoms with Gasteiger partial charge in [-0.1, -0.05) is 20.3 Å². The standard InChI is InChI=1S/C10H16N3/c1-3-5-9(4-2)13-10-6-7-11-8-12-10/h6-7,9H,3-5H2,1-2H3,(H,11,12,13). The fourth-order valence-corrected chi connectivity index (χ4v) is 1.28. The van der Waals surface area contributed by atoms with Crippen LogP contribution in [0.2, 0.25) is 0 Å². The minimum absolute atomic E-state index is 0.522. The van der Waals surface area contributed by atoms with Crippen molar-refractivity contribution in [2.45, 2.75) is 39.2 Å². The van der Waals surface area contributed by atoms with Gasteiger partial charge >= 0.3 is 0 Å². The van der Waals surface area contributed by atoms with Crippen molar-refractivity contribution < 1.29 is 0 Å². The van der Waals surface area contributed by atoms with Gasteiger partial charge in [-0.3, -0.25) is 0 Å². The van der Waals surface area contributed by atoms with Gasteiger partial charge in [-0.05, 0) is 18.9 Å². The van der Waals surface area contributed by atoms with E-state index >= 15 is 0 Å². The predicted octanol–water partition coefficient (Wildman–Crippen LogP) is 2.27. The first kappa shape index (κ1) is 9.96. The third kappa shape index (κ3) is 3.40. The Morgan fingerprint density at radius 2 is 2.38 bits per heavy atom. The van der Waals surface area contributed by atoms with Crippen LogP contribution in [0, 0.1) is 6.33 Å². The number of aromatic nitrogens is 2. The van der Waals surface area contributed by atoms with Gasteiger partial charge in [-0.15, -0.1) is 0 Å². The quantitative estimate of drug-likeness (QED) is 0.751. The number of hydrogen-bond acceptors (Lipinski definition) is 3.